The van der Waals surface area contributed by atoms with Crippen LogP contribution < -0.4 is 15.8 Å². The normalized spacial score (nSPS) is 25.7. The SMILES string of the molecule is NC/C(=C\F)COc1ccc(C23CCC(C(=O)Nc4ccncn4)(CC2)CC3)cc1. The van der Waals surface area contributed by atoms with Gasteiger partial charge in [-0.3, -0.25) is 4.79 Å². The van der Waals surface area contributed by atoms with Gasteiger partial charge < -0.3 is 15.8 Å². The molecule has 0 atom stereocenters. The van der Waals surface area contributed by atoms with Gasteiger partial charge in [0.05, 0.1) is 6.33 Å². The van der Waals surface area contributed by atoms with Gasteiger partial charge in [0.1, 0.15) is 24.5 Å². The first-order valence-electron chi connectivity index (χ1n) is 10.4. The Morgan fingerprint density at radius 2 is 1.83 bits per heavy atom. The maximum Gasteiger partial charge on any atom is 0.231 e. The minimum Gasteiger partial charge on any atom is -0.489 e. The molecule has 5 rings (SSSR count). The second-order valence-corrected chi connectivity index (χ2v) is 8.39. The van der Waals surface area contributed by atoms with E-state index >= 15 is 0 Å². The number of halogens is 1. The third kappa shape index (κ3) is 3.94. The van der Waals surface area contributed by atoms with Crippen molar-refractivity contribution < 1.29 is 13.9 Å². The van der Waals surface area contributed by atoms with Crippen LogP contribution in [-0.4, -0.2) is 29.0 Å². The van der Waals surface area contributed by atoms with E-state index in [4.69, 9.17) is 10.5 Å². The lowest BCUT2D eigenvalue weighted by Gasteiger charge is -2.52. The summed E-state index contributed by atoms with van der Waals surface area (Å²) in [6, 6.07) is 9.81. The summed E-state index contributed by atoms with van der Waals surface area (Å²) < 4.78 is 18.2. The Balaban J connectivity index is 1.39. The number of hydrogen-bond donors (Lipinski definition) is 2. The summed E-state index contributed by atoms with van der Waals surface area (Å²) >= 11 is 0. The van der Waals surface area contributed by atoms with Gasteiger partial charge in [0.15, 0.2) is 0 Å². The number of carbonyl (C=O) groups excluding carboxylic acids is 1. The lowest BCUT2D eigenvalue weighted by molar-refractivity contribution is -0.132. The molecule has 1 amide bonds. The van der Waals surface area contributed by atoms with Crippen molar-refractivity contribution in [3.05, 3.63) is 60.3 Å². The first-order valence-corrected chi connectivity index (χ1v) is 10.4. The van der Waals surface area contributed by atoms with Crippen molar-refractivity contribution in [2.24, 2.45) is 11.1 Å². The number of amides is 1. The monoisotopic (exact) mass is 410 g/mol. The van der Waals surface area contributed by atoms with E-state index in [2.05, 4.69) is 27.4 Å². The molecule has 2 bridgehead atoms. The van der Waals surface area contributed by atoms with Gasteiger partial charge in [-0.2, -0.15) is 0 Å². The van der Waals surface area contributed by atoms with Gasteiger partial charge in [-0.05, 0) is 67.7 Å². The third-order valence-corrected chi connectivity index (χ3v) is 6.86. The molecule has 0 saturated heterocycles. The second-order valence-electron chi connectivity index (χ2n) is 8.39. The molecular formula is C23H27FN4O2. The van der Waals surface area contributed by atoms with Crippen LogP contribution in [0.25, 0.3) is 0 Å². The number of anilines is 1. The van der Waals surface area contributed by atoms with Gasteiger partial charge in [0, 0.05) is 23.7 Å². The molecule has 0 unspecified atom stereocenters. The Hall–Kier alpha value is -2.80. The van der Waals surface area contributed by atoms with E-state index in [0.29, 0.717) is 23.5 Å². The molecule has 1 aromatic heterocycles. The third-order valence-electron chi connectivity index (χ3n) is 6.86. The smallest absolute Gasteiger partial charge is 0.231 e. The first-order chi connectivity index (χ1) is 14.6. The lowest BCUT2D eigenvalue weighted by Crippen LogP contribution is -2.49. The molecule has 7 heteroatoms. The largest absolute Gasteiger partial charge is 0.489 e. The summed E-state index contributed by atoms with van der Waals surface area (Å²) in [5.41, 5.74) is 7.00. The van der Waals surface area contributed by atoms with Crippen LogP contribution in [0.4, 0.5) is 10.2 Å². The molecule has 158 valence electrons. The van der Waals surface area contributed by atoms with Crippen LogP contribution in [0, 0.1) is 5.41 Å². The summed E-state index contributed by atoms with van der Waals surface area (Å²) in [4.78, 5) is 21.0. The van der Waals surface area contributed by atoms with Crippen LogP contribution in [0.2, 0.25) is 0 Å². The number of rotatable bonds is 7. The fourth-order valence-electron chi connectivity index (χ4n) is 4.79. The first kappa shape index (κ1) is 20.5. The zero-order chi connectivity index (χ0) is 21.0. The molecule has 0 spiro atoms. The van der Waals surface area contributed by atoms with Crippen molar-refractivity contribution in [1.29, 1.82) is 0 Å². The van der Waals surface area contributed by atoms with Crippen molar-refractivity contribution in [3.8, 4) is 5.75 Å². The van der Waals surface area contributed by atoms with Gasteiger partial charge in [0.2, 0.25) is 5.91 Å². The summed E-state index contributed by atoms with van der Waals surface area (Å²) in [5.74, 6) is 1.34. The number of benzene rings is 1. The van der Waals surface area contributed by atoms with E-state index in [1.165, 1.54) is 11.9 Å². The zero-order valence-corrected chi connectivity index (χ0v) is 16.9. The van der Waals surface area contributed by atoms with Crippen LogP contribution in [0.15, 0.2) is 54.8 Å². The van der Waals surface area contributed by atoms with E-state index in [1.54, 1.807) is 12.3 Å². The van der Waals surface area contributed by atoms with E-state index in [9.17, 15) is 9.18 Å². The maximum atomic E-state index is 13.0. The molecule has 3 aliphatic carbocycles. The Labute approximate surface area is 175 Å². The van der Waals surface area contributed by atoms with Crippen molar-refractivity contribution in [2.75, 3.05) is 18.5 Å². The molecule has 3 saturated carbocycles. The number of aromatic nitrogens is 2. The molecule has 30 heavy (non-hydrogen) atoms. The Morgan fingerprint density at radius 1 is 1.13 bits per heavy atom. The standard InChI is InChI=1S/C23H27FN4O2/c24-13-17(14-25)15-30-19-3-1-18(2-4-19)22-6-9-23(10-7-22,11-8-22)21(29)28-20-5-12-26-16-27-20/h1-5,12-13,16H,6-11,14-15,25H2,(H,26,27,28,29)/b17-13+. The fraction of sp³-hybridized carbons (Fsp3) is 0.435. The van der Waals surface area contributed by atoms with E-state index in [-0.39, 0.29) is 29.9 Å². The van der Waals surface area contributed by atoms with Crippen molar-refractivity contribution in [2.45, 2.75) is 43.9 Å². The highest BCUT2D eigenvalue weighted by atomic mass is 19.1. The average Bonchev–Trinajstić information content (AvgIpc) is 2.82. The maximum absolute atomic E-state index is 13.0. The number of ether oxygens (including phenoxy) is 1. The molecule has 0 radical (unpaired) electrons. The van der Waals surface area contributed by atoms with Crippen molar-refractivity contribution >= 4 is 11.7 Å². The summed E-state index contributed by atoms with van der Waals surface area (Å²) in [5, 5.41) is 2.97. The Bertz CT molecular complexity index is 890. The number of nitrogens with one attached hydrogen (secondary N) is 1. The van der Waals surface area contributed by atoms with Crippen LogP contribution in [0.5, 0.6) is 5.75 Å². The second kappa shape index (κ2) is 8.52. The number of hydrogen-bond acceptors (Lipinski definition) is 5. The molecule has 2 aromatic rings. The number of fused-ring (bicyclic) bond motifs is 3. The highest BCUT2D eigenvalue weighted by Gasteiger charge is 2.52. The quantitative estimate of drug-likeness (QED) is 0.723. The van der Waals surface area contributed by atoms with Gasteiger partial charge in [-0.15, -0.1) is 0 Å². The lowest BCUT2D eigenvalue weighted by atomic mass is 9.51. The van der Waals surface area contributed by atoms with Crippen molar-refractivity contribution in [1.82, 2.24) is 9.97 Å². The molecule has 1 heterocycles. The van der Waals surface area contributed by atoms with Crippen LogP contribution in [-0.2, 0) is 10.2 Å². The van der Waals surface area contributed by atoms with Gasteiger partial charge in [0.25, 0.3) is 0 Å². The van der Waals surface area contributed by atoms with Crippen LogP contribution >= 0.6 is 0 Å². The summed E-state index contributed by atoms with van der Waals surface area (Å²) in [6.07, 6.45) is 9.19. The molecular weight excluding hydrogens is 383 g/mol. The van der Waals surface area contributed by atoms with Gasteiger partial charge >= 0.3 is 0 Å². The minimum atomic E-state index is -0.299. The highest BCUT2D eigenvalue weighted by Crippen LogP contribution is 2.58. The number of carbonyl (C=O) groups is 1. The number of nitrogens with zero attached hydrogens (tertiary/aromatic N) is 2. The van der Waals surface area contributed by atoms with E-state index in [0.717, 1.165) is 38.5 Å². The topological polar surface area (TPSA) is 90.1 Å². The summed E-state index contributed by atoms with van der Waals surface area (Å²) in [7, 11) is 0. The molecule has 1 aromatic carbocycles. The molecule has 6 nitrogen and oxygen atoms in total. The van der Waals surface area contributed by atoms with E-state index in [1.807, 2.05) is 12.1 Å². The highest BCUT2D eigenvalue weighted by molar-refractivity contribution is 5.94. The van der Waals surface area contributed by atoms with Crippen molar-refractivity contribution in [3.63, 3.8) is 0 Å². The van der Waals surface area contributed by atoms with Crippen LogP contribution in [0.3, 0.4) is 0 Å². The molecule has 3 aliphatic rings. The fourth-order valence-corrected chi connectivity index (χ4v) is 4.79. The zero-order valence-electron chi connectivity index (χ0n) is 16.9. The Morgan fingerprint density at radius 3 is 2.40 bits per heavy atom. The van der Waals surface area contributed by atoms with Crippen LogP contribution in [0.1, 0.15) is 44.1 Å². The Kier molecular flexibility index (Phi) is 5.81. The van der Waals surface area contributed by atoms with Gasteiger partial charge in [-0.25, -0.2) is 14.4 Å². The molecule has 3 N–H and O–H groups in total. The molecule has 0 aliphatic heterocycles. The summed E-state index contributed by atoms with van der Waals surface area (Å²) in [6.45, 7) is 0.297. The number of nitrogens with two attached hydrogens (primary N) is 1. The molecule has 3 fully saturated rings. The van der Waals surface area contributed by atoms with E-state index < -0.39 is 0 Å². The average molecular weight is 410 g/mol. The predicted molar refractivity (Wildman–Crippen MR) is 113 cm³/mol. The van der Waals surface area contributed by atoms with Gasteiger partial charge in [-0.1, -0.05) is 12.1 Å². The predicted octanol–water partition coefficient (Wildman–Crippen LogP) is 3.90. The minimum absolute atomic E-state index is 0.0786.